The molecule has 0 bridgehead atoms. The van der Waals surface area contributed by atoms with Gasteiger partial charge in [-0.25, -0.2) is 17.3 Å². The van der Waals surface area contributed by atoms with Gasteiger partial charge in [0.15, 0.2) is 0 Å². The van der Waals surface area contributed by atoms with Gasteiger partial charge in [-0.3, -0.25) is 18.5 Å². The Morgan fingerprint density at radius 1 is 0.574 bits per heavy atom. The van der Waals surface area contributed by atoms with E-state index in [1.807, 2.05) is 6.92 Å². The van der Waals surface area contributed by atoms with Gasteiger partial charge in [0, 0.05) is 13.0 Å². The van der Waals surface area contributed by atoms with Crippen molar-refractivity contribution in [3.63, 3.8) is 0 Å². The summed E-state index contributed by atoms with van der Waals surface area (Å²) in [7, 11) is -15.7. The Labute approximate surface area is 323 Å². The van der Waals surface area contributed by atoms with Crippen LogP contribution in [0.15, 0.2) is 0 Å². The molecule has 0 saturated carbocycles. The minimum absolute atomic E-state index is 0.0238. The zero-order chi connectivity index (χ0) is 40.0. The largest absolute Gasteiger partial charge is 0.461 e. The predicted octanol–water partition coefficient (Wildman–Crippen LogP) is 6.85. The maximum Gasteiger partial charge on any atom is 0.397 e. The van der Waals surface area contributed by atoms with Gasteiger partial charge in [-0.1, -0.05) is 116 Å². The van der Waals surface area contributed by atoms with Crippen molar-refractivity contribution in [3.05, 3.63) is 0 Å². The molecule has 0 aromatic rings. The number of hydrogen-bond donors (Lipinski definition) is 3. The van der Waals surface area contributed by atoms with E-state index in [-0.39, 0.29) is 43.7 Å². The summed E-state index contributed by atoms with van der Waals surface area (Å²) in [6.07, 6.45) is 11.9. The van der Waals surface area contributed by atoms with Gasteiger partial charge in [0.05, 0.1) is 0 Å². The molecule has 2 heterocycles. The maximum absolute atomic E-state index is 13.2. The van der Waals surface area contributed by atoms with Crippen LogP contribution in [0, 0.1) is 0 Å². The molecule has 2 saturated heterocycles. The van der Waals surface area contributed by atoms with Gasteiger partial charge in [-0.05, 0) is 51.4 Å². The van der Waals surface area contributed by atoms with Crippen molar-refractivity contribution in [3.8, 4) is 0 Å². The van der Waals surface area contributed by atoms with E-state index in [1.165, 1.54) is 0 Å². The highest BCUT2D eigenvalue weighted by atomic mass is 32.3. The van der Waals surface area contributed by atoms with Crippen molar-refractivity contribution in [2.75, 3.05) is 6.54 Å². The minimum atomic E-state index is -5.31. The van der Waals surface area contributed by atoms with Crippen LogP contribution >= 0.6 is 0 Å². The number of nitrogens with zero attached hydrogens (tertiary/aromatic N) is 1. The summed E-state index contributed by atoms with van der Waals surface area (Å²) >= 11 is 0. The lowest BCUT2D eigenvalue weighted by atomic mass is 9.97. The van der Waals surface area contributed by atoms with E-state index in [0.29, 0.717) is 45.1 Å². The van der Waals surface area contributed by atoms with E-state index in [1.54, 1.807) is 4.90 Å². The molecule has 2 aliphatic heterocycles. The molecule has 2 fully saturated rings. The smallest absolute Gasteiger partial charge is 0.397 e. The van der Waals surface area contributed by atoms with Crippen LogP contribution < -0.4 is 0 Å². The highest BCUT2D eigenvalue weighted by Gasteiger charge is 2.40. The van der Waals surface area contributed by atoms with Crippen LogP contribution in [0.25, 0.3) is 0 Å². The molecule has 318 valence electrons. The maximum atomic E-state index is 13.2. The van der Waals surface area contributed by atoms with Gasteiger partial charge in [0.25, 0.3) is 0 Å². The van der Waals surface area contributed by atoms with Crippen LogP contribution in [0.3, 0.4) is 0 Å². The standard InChI is InChI=1S/C35H65NO15S3/c1-2-22-29-23-17-13-9-8-11-15-19-26-32(50-53(42,43)44)34(51-54(45,46)47)31(49-52(39,40)41)25-18-14-10-6-4-3-5-7-12-16-20-27-33(37)36-28-21-24-30(36)35(38)48-29/h29-32,34H,2-28H2,1H3,(H,39,40,41)(H,42,43,44)(H,45,46,47). The van der Waals surface area contributed by atoms with Crippen molar-refractivity contribution in [2.24, 2.45) is 0 Å². The molecule has 2 rings (SSSR count). The molecule has 3 N–H and O–H groups in total. The van der Waals surface area contributed by atoms with Gasteiger partial charge >= 0.3 is 37.2 Å². The van der Waals surface area contributed by atoms with Gasteiger partial charge in [0.2, 0.25) is 5.91 Å². The molecule has 54 heavy (non-hydrogen) atoms. The third kappa shape index (κ3) is 22.3. The Balaban J connectivity index is 2.12. The summed E-state index contributed by atoms with van der Waals surface area (Å²) in [5.74, 6) is -0.290. The fourth-order valence-electron chi connectivity index (χ4n) is 7.45. The molecule has 1 amide bonds. The summed E-state index contributed by atoms with van der Waals surface area (Å²) in [4.78, 5) is 27.9. The quantitative estimate of drug-likeness (QED) is 0.167. The molecule has 0 aromatic carbocycles. The normalized spacial score (nSPS) is 27.7. The summed E-state index contributed by atoms with van der Waals surface area (Å²) in [5, 5.41) is 0. The molecule has 0 aromatic heterocycles. The molecule has 0 aliphatic carbocycles. The predicted molar refractivity (Wildman–Crippen MR) is 200 cm³/mol. The van der Waals surface area contributed by atoms with Crippen molar-refractivity contribution in [1.82, 2.24) is 4.90 Å². The van der Waals surface area contributed by atoms with E-state index in [0.717, 1.165) is 103 Å². The van der Waals surface area contributed by atoms with E-state index >= 15 is 0 Å². The zero-order valence-electron chi connectivity index (χ0n) is 31.9. The van der Waals surface area contributed by atoms with Crippen LogP contribution in [0.5, 0.6) is 0 Å². The first-order valence-electron chi connectivity index (χ1n) is 20.0. The first-order valence-corrected chi connectivity index (χ1v) is 24.1. The minimum Gasteiger partial charge on any atom is -0.461 e. The van der Waals surface area contributed by atoms with Gasteiger partial charge in [-0.15, -0.1) is 0 Å². The molecule has 5 unspecified atom stereocenters. The number of hydrogen-bond acceptors (Lipinski definition) is 12. The summed E-state index contributed by atoms with van der Waals surface area (Å²) in [6.45, 7) is 2.62. The first-order chi connectivity index (χ1) is 25.5. The fourth-order valence-corrected chi connectivity index (χ4v) is 9.01. The Morgan fingerprint density at radius 3 is 1.41 bits per heavy atom. The molecular formula is C35H65NO15S3. The molecule has 2 aliphatic rings. The molecule has 0 radical (unpaired) electrons. The van der Waals surface area contributed by atoms with Crippen LogP contribution in [-0.4, -0.2) is 92.7 Å². The number of carbonyl (C=O) groups is 2. The van der Waals surface area contributed by atoms with Gasteiger partial charge in [-0.2, -0.15) is 25.3 Å². The summed E-state index contributed by atoms with van der Waals surface area (Å²) in [5.41, 5.74) is 0. The number of carbonyl (C=O) groups excluding carboxylic acids is 2. The Bertz CT molecular complexity index is 1410. The number of fused-ring (bicyclic) bond motifs is 1. The SMILES string of the molecule is CCCC1CCCCCCCCCC(OS(=O)(=O)O)C(OS(=O)(=O)O)C(OS(=O)(=O)O)CCCCCCCCCCCCCC(=O)N2CCCC2C(=O)O1. The van der Waals surface area contributed by atoms with Crippen LogP contribution in [0.2, 0.25) is 0 Å². The fraction of sp³-hybridized carbons (Fsp3) is 0.943. The average molecular weight is 836 g/mol. The third-order valence-electron chi connectivity index (χ3n) is 10.1. The van der Waals surface area contributed by atoms with Crippen LogP contribution in [-0.2, 0) is 58.1 Å². The van der Waals surface area contributed by atoms with Crippen molar-refractivity contribution < 1.29 is 65.8 Å². The highest BCUT2D eigenvalue weighted by molar-refractivity contribution is 7.81. The van der Waals surface area contributed by atoms with E-state index in [4.69, 9.17) is 17.3 Å². The molecule has 5 atom stereocenters. The van der Waals surface area contributed by atoms with Gasteiger partial charge < -0.3 is 9.64 Å². The zero-order valence-corrected chi connectivity index (χ0v) is 34.3. The lowest BCUT2D eigenvalue weighted by Gasteiger charge is -2.30. The van der Waals surface area contributed by atoms with Gasteiger partial charge in [0.1, 0.15) is 30.5 Å². The Kier molecular flexibility index (Phi) is 23.2. The number of esters is 1. The first kappa shape index (κ1) is 48.7. The van der Waals surface area contributed by atoms with E-state index in [9.17, 15) is 48.5 Å². The average Bonchev–Trinajstić information content (AvgIpc) is 3.56. The van der Waals surface area contributed by atoms with E-state index < -0.39 is 55.6 Å². The van der Waals surface area contributed by atoms with Crippen molar-refractivity contribution in [2.45, 2.75) is 204 Å². The molecule has 19 heteroatoms. The second-order valence-corrected chi connectivity index (χ2v) is 17.8. The molecule has 16 nitrogen and oxygen atoms in total. The Morgan fingerprint density at radius 2 is 0.981 bits per heavy atom. The second kappa shape index (κ2) is 25.7. The van der Waals surface area contributed by atoms with Crippen molar-refractivity contribution >= 4 is 43.1 Å². The molecular weight excluding hydrogens is 771 g/mol. The van der Waals surface area contributed by atoms with E-state index in [2.05, 4.69) is 0 Å². The number of rotatable bonds is 8. The van der Waals surface area contributed by atoms with Crippen LogP contribution in [0.4, 0.5) is 0 Å². The van der Waals surface area contributed by atoms with Crippen LogP contribution in [0.1, 0.15) is 174 Å². The lowest BCUT2D eigenvalue weighted by Crippen LogP contribution is -2.45. The number of amides is 1. The lowest BCUT2D eigenvalue weighted by molar-refractivity contribution is -0.158. The highest BCUT2D eigenvalue weighted by Crippen LogP contribution is 2.27. The second-order valence-electron chi connectivity index (χ2n) is 14.7. The number of cyclic esters (lactones) is 1. The summed E-state index contributed by atoms with van der Waals surface area (Å²) in [6, 6.07) is -0.514. The summed E-state index contributed by atoms with van der Waals surface area (Å²) < 4.78 is 119. The monoisotopic (exact) mass is 835 g/mol. The Hall–Kier alpha value is -1.45. The topological polar surface area (TPSA) is 237 Å². The third-order valence-corrected chi connectivity index (χ3v) is 11.5. The number of ether oxygens (including phenoxy) is 1. The van der Waals surface area contributed by atoms with Crippen molar-refractivity contribution in [1.29, 1.82) is 0 Å². The molecule has 0 spiro atoms.